The van der Waals surface area contributed by atoms with Crippen LogP contribution in [0.2, 0.25) is 0 Å². The van der Waals surface area contributed by atoms with Crippen LogP contribution in [0.25, 0.3) is 120 Å². The molecule has 0 atom stereocenters. The highest BCUT2D eigenvalue weighted by Crippen LogP contribution is 2.40. The van der Waals surface area contributed by atoms with E-state index in [0.717, 1.165) is 66.4 Å². The summed E-state index contributed by atoms with van der Waals surface area (Å²) in [6.45, 7) is 0. The van der Waals surface area contributed by atoms with Gasteiger partial charge in [0.1, 0.15) is 10.6 Å². The number of para-hydroxylation sites is 2. The molecule has 5 heterocycles. The van der Waals surface area contributed by atoms with E-state index in [0.29, 0.717) is 5.82 Å². The summed E-state index contributed by atoms with van der Waals surface area (Å²) in [5.41, 5.74) is 13.1. The summed E-state index contributed by atoms with van der Waals surface area (Å²) in [5.74, 6) is 1.52. The molecule has 5 nitrogen and oxygen atoms in total. The summed E-state index contributed by atoms with van der Waals surface area (Å²) < 4.78 is 5.96. The number of fused-ring (bicyclic) bond motifs is 9. The highest BCUT2D eigenvalue weighted by molar-refractivity contribution is 7.25. The van der Waals surface area contributed by atoms with Crippen molar-refractivity contribution >= 4 is 75.3 Å². The molecule has 6 heteroatoms. The van der Waals surface area contributed by atoms with Crippen molar-refractivity contribution in [2.45, 2.75) is 0 Å². The van der Waals surface area contributed by atoms with Gasteiger partial charge in [-0.1, -0.05) is 146 Å². The molecule has 0 spiro atoms. The van der Waals surface area contributed by atoms with Crippen molar-refractivity contribution < 1.29 is 0 Å². The third-order valence-corrected chi connectivity index (χ3v) is 13.5. The SMILES string of the molecule is c1ccc(-c2cc(-n3c4ccccc4c4ccc(-c5ccc6c(c5)c5ccccc5n6-c5ccc(-c6cnc7sc8ccccc8c7c6)cc5)cc43)nc(-c3ccccc3)n2)cc1. The van der Waals surface area contributed by atoms with E-state index in [4.69, 9.17) is 15.0 Å². The number of aromatic nitrogens is 5. The molecule has 0 N–H and O–H groups in total. The van der Waals surface area contributed by atoms with Gasteiger partial charge in [0, 0.05) is 71.7 Å². The van der Waals surface area contributed by atoms with E-state index in [1.54, 1.807) is 11.3 Å². The number of pyridine rings is 1. The van der Waals surface area contributed by atoms with Gasteiger partial charge >= 0.3 is 0 Å². The van der Waals surface area contributed by atoms with Crippen LogP contribution in [0, 0.1) is 0 Å². The normalized spacial score (nSPS) is 11.8. The van der Waals surface area contributed by atoms with Gasteiger partial charge in [-0.05, 0) is 71.3 Å². The van der Waals surface area contributed by atoms with Crippen LogP contribution in [0.5, 0.6) is 0 Å². The fourth-order valence-electron chi connectivity index (χ4n) is 9.42. The van der Waals surface area contributed by atoms with Crippen LogP contribution in [-0.2, 0) is 0 Å². The van der Waals surface area contributed by atoms with Crippen LogP contribution in [0.3, 0.4) is 0 Å². The van der Waals surface area contributed by atoms with Crippen molar-refractivity contribution in [3.8, 4) is 56.4 Å². The standard InChI is InChI=1S/C57H35N5S/c1-3-13-37(14-4-1)49-34-55(60-56(59-49)38-15-5-2-6-16-38)62-51-21-11-7-17-43(51)45-29-25-40(33-53(45)62)39-26-30-52-47(31-39)44-18-8-10-20-50(44)61(52)42-27-23-36(24-28-42)41-32-48-46-19-9-12-22-54(46)63-57(48)58-35-41/h1-35H. The van der Waals surface area contributed by atoms with Crippen LogP contribution >= 0.6 is 11.3 Å². The predicted octanol–water partition coefficient (Wildman–Crippen LogP) is 15.1. The first-order valence-corrected chi connectivity index (χ1v) is 22.0. The second-order valence-electron chi connectivity index (χ2n) is 16.1. The molecule has 13 rings (SSSR count). The van der Waals surface area contributed by atoms with Gasteiger partial charge in [-0.25, -0.2) is 15.0 Å². The Morgan fingerprint density at radius 2 is 0.937 bits per heavy atom. The van der Waals surface area contributed by atoms with E-state index in [-0.39, 0.29) is 0 Å². The van der Waals surface area contributed by atoms with Crippen LogP contribution in [0.4, 0.5) is 0 Å². The molecule has 13 aromatic rings. The Kier molecular flexibility index (Phi) is 8.01. The quantitative estimate of drug-likeness (QED) is 0.168. The number of hydrogen-bond acceptors (Lipinski definition) is 4. The van der Waals surface area contributed by atoms with Crippen molar-refractivity contribution in [1.29, 1.82) is 0 Å². The van der Waals surface area contributed by atoms with Crippen molar-refractivity contribution in [3.05, 3.63) is 212 Å². The Balaban J connectivity index is 0.936. The molecular weight excluding hydrogens is 787 g/mol. The maximum Gasteiger partial charge on any atom is 0.162 e. The topological polar surface area (TPSA) is 48.5 Å². The van der Waals surface area contributed by atoms with Crippen molar-refractivity contribution in [2.75, 3.05) is 0 Å². The molecule has 0 amide bonds. The summed E-state index contributed by atoms with van der Waals surface area (Å²) in [6, 6.07) is 73.6. The van der Waals surface area contributed by atoms with Crippen LogP contribution in [0.1, 0.15) is 0 Å². The average Bonchev–Trinajstić information content (AvgIpc) is 4.01. The van der Waals surface area contributed by atoms with E-state index in [1.165, 1.54) is 48.1 Å². The van der Waals surface area contributed by atoms with Gasteiger partial charge in [-0.3, -0.25) is 4.57 Å². The number of thiophene rings is 1. The first kappa shape index (κ1) is 35.6. The first-order valence-electron chi connectivity index (χ1n) is 21.2. The van der Waals surface area contributed by atoms with Gasteiger partial charge < -0.3 is 4.57 Å². The van der Waals surface area contributed by atoms with Gasteiger partial charge in [-0.15, -0.1) is 11.3 Å². The number of benzene rings is 8. The van der Waals surface area contributed by atoms with E-state index in [2.05, 4.69) is 191 Å². The zero-order valence-electron chi connectivity index (χ0n) is 33.9. The highest BCUT2D eigenvalue weighted by atomic mass is 32.1. The molecule has 0 unspecified atom stereocenters. The number of hydrogen-bond donors (Lipinski definition) is 0. The summed E-state index contributed by atoms with van der Waals surface area (Å²) in [4.78, 5) is 16.3. The predicted molar refractivity (Wildman–Crippen MR) is 263 cm³/mol. The molecule has 5 aromatic heterocycles. The molecule has 294 valence electrons. The summed E-state index contributed by atoms with van der Waals surface area (Å²) in [5, 5.41) is 7.26. The monoisotopic (exact) mass is 821 g/mol. The largest absolute Gasteiger partial charge is 0.309 e. The van der Waals surface area contributed by atoms with Crippen molar-refractivity contribution in [3.63, 3.8) is 0 Å². The van der Waals surface area contributed by atoms with E-state index >= 15 is 0 Å². The molecule has 63 heavy (non-hydrogen) atoms. The minimum absolute atomic E-state index is 0.691. The molecular formula is C57H35N5S. The maximum atomic E-state index is 5.27. The zero-order chi connectivity index (χ0) is 41.4. The maximum absolute atomic E-state index is 5.27. The third kappa shape index (κ3) is 5.80. The molecule has 0 saturated carbocycles. The molecule has 0 bridgehead atoms. The number of nitrogens with zero attached hydrogens (tertiary/aromatic N) is 5. The Bertz CT molecular complexity index is 3840. The summed E-state index contributed by atoms with van der Waals surface area (Å²) in [6.07, 6.45) is 2.00. The Morgan fingerprint density at radius 1 is 0.349 bits per heavy atom. The van der Waals surface area contributed by atoms with Crippen LogP contribution in [0.15, 0.2) is 212 Å². The average molecular weight is 822 g/mol. The van der Waals surface area contributed by atoms with E-state index in [9.17, 15) is 0 Å². The van der Waals surface area contributed by atoms with Crippen molar-refractivity contribution in [1.82, 2.24) is 24.1 Å². The summed E-state index contributed by atoms with van der Waals surface area (Å²) >= 11 is 1.75. The van der Waals surface area contributed by atoms with E-state index in [1.807, 2.05) is 30.5 Å². The van der Waals surface area contributed by atoms with Gasteiger partial charge in [0.2, 0.25) is 0 Å². The van der Waals surface area contributed by atoms with Gasteiger partial charge in [0.05, 0.1) is 27.8 Å². The summed E-state index contributed by atoms with van der Waals surface area (Å²) in [7, 11) is 0. The molecule has 0 fully saturated rings. The van der Waals surface area contributed by atoms with Gasteiger partial charge in [0.25, 0.3) is 0 Å². The molecule has 0 radical (unpaired) electrons. The lowest BCUT2D eigenvalue weighted by atomic mass is 10.0. The third-order valence-electron chi connectivity index (χ3n) is 12.4. The fourth-order valence-corrected chi connectivity index (χ4v) is 10.4. The lowest BCUT2D eigenvalue weighted by Gasteiger charge is -2.13. The first-order chi connectivity index (χ1) is 31.2. The Morgan fingerprint density at radius 3 is 1.73 bits per heavy atom. The molecule has 0 aliphatic rings. The lowest BCUT2D eigenvalue weighted by molar-refractivity contribution is 1.05. The van der Waals surface area contributed by atoms with Gasteiger partial charge in [0.15, 0.2) is 5.82 Å². The molecule has 8 aromatic carbocycles. The smallest absolute Gasteiger partial charge is 0.162 e. The van der Waals surface area contributed by atoms with Gasteiger partial charge in [-0.2, -0.15) is 0 Å². The Labute approximate surface area is 366 Å². The second-order valence-corrected chi connectivity index (χ2v) is 17.1. The lowest BCUT2D eigenvalue weighted by Crippen LogP contribution is -2.02. The number of rotatable bonds is 6. The minimum Gasteiger partial charge on any atom is -0.309 e. The minimum atomic E-state index is 0.691. The van der Waals surface area contributed by atoms with Crippen LogP contribution < -0.4 is 0 Å². The molecule has 0 aliphatic carbocycles. The second kappa shape index (κ2) is 14.2. The fraction of sp³-hybridized carbons (Fsp3) is 0. The van der Waals surface area contributed by atoms with Crippen molar-refractivity contribution in [2.24, 2.45) is 0 Å². The highest BCUT2D eigenvalue weighted by Gasteiger charge is 2.19. The Hall–Kier alpha value is -8.19. The van der Waals surface area contributed by atoms with Crippen LogP contribution in [-0.4, -0.2) is 24.1 Å². The molecule has 0 saturated heterocycles. The zero-order valence-corrected chi connectivity index (χ0v) is 34.7. The molecule has 0 aliphatic heterocycles. The van der Waals surface area contributed by atoms with E-state index < -0.39 is 0 Å².